The van der Waals surface area contributed by atoms with Gasteiger partial charge in [-0.15, -0.1) is 0 Å². The standard InChI is InChI=1S/C26H28N4O2/c1-19-16-23(31)30-26(29(19)18-20-10-9-13-22(17-20)32-2)25(28-14-7-4-8-15-28)24(27-30)21-11-5-3-6-12-21/h3,5-6,9-13,16-17H,4,7-8,14-15,18H2,1-2H3. The van der Waals surface area contributed by atoms with Crippen molar-refractivity contribution in [3.8, 4) is 17.0 Å². The Kier molecular flexibility index (Phi) is 5.43. The maximum absolute atomic E-state index is 13.0. The summed E-state index contributed by atoms with van der Waals surface area (Å²) in [5.41, 5.74) is 5.75. The molecule has 5 rings (SSSR count). The van der Waals surface area contributed by atoms with E-state index in [2.05, 4.69) is 27.7 Å². The third kappa shape index (κ3) is 3.66. The lowest BCUT2D eigenvalue weighted by molar-refractivity contribution is 0.414. The van der Waals surface area contributed by atoms with E-state index in [0.717, 1.165) is 65.5 Å². The molecule has 1 aliphatic rings. The van der Waals surface area contributed by atoms with Crippen molar-refractivity contribution in [3.63, 3.8) is 0 Å². The Bertz CT molecular complexity index is 1300. The van der Waals surface area contributed by atoms with E-state index in [1.807, 2.05) is 43.3 Å². The van der Waals surface area contributed by atoms with Crippen molar-refractivity contribution >= 4 is 11.3 Å². The summed E-state index contributed by atoms with van der Waals surface area (Å²) in [5, 5.41) is 4.85. The summed E-state index contributed by atoms with van der Waals surface area (Å²) in [6.07, 6.45) is 3.54. The second-order valence-electron chi connectivity index (χ2n) is 8.41. The molecule has 1 saturated heterocycles. The minimum atomic E-state index is -0.0974. The minimum Gasteiger partial charge on any atom is -0.497 e. The Morgan fingerprint density at radius 2 is 1.75 bits per heavy atom. The van der Waals surface area contributed by atoms with Gasteiger partial charge in [0, 0.05) is 37.0 Å². The first-order valence-electron chi connectivity index (χ1n) is 11.2. The lowest BCUT2D eigenvalue weighted by Gasteiger charge is -2.29. The van der Waals surface area contributed by atoms with Crippen LogP contribution in [0, 0.1) is 6.92 Å². The van der Waals surface area contributed by atoms with Gasteiger partial charge in [0.05, 0.1) is 7.11 Å². The number of rotatable bonds is 5. The molecule has 0 radical (unpaired) electrons. The first-order valence-corrected chi connectivity index (χ1v) is 11.2. The Hall–Kier alpha value is -3.54. The predicted molar refractivity (Wildman–Crippen MR) is 128 cm³/mol. The second-order valence-corrected chi connectivity index (χ2v) is 8.41. The van der Waals surface area contributed by atoms with Gasteiger partial charge in [0.25, 0.3) is 5.56 Å². The van der Waals surface area contributed by atoms with E-state index in [4.69, 9.17) is 9.84 Å². The highest BCUT2D eigenvalue weighted by atomic mass is 16.5. The second kappa shape index (κ2) is 8.54. The van der Waals surface area contributed by atoms with Gasteiger partial charge in [-0.1, -0.05) is 42.5 Å². The number of hydrogen-bond acceptors (Lipinski definition) is 4. The summed E-state index contributed by atoms with van der Waals surface area (Å²) in [6.45, 7) is 4.58. The van der Waals surface area contributed by atoms with Crippen LogP contribution in [-0.2, 0) is 6.54 Å². The fourth-order valence-electron chi connectivity index (χ4n) is 4.63. The summed E-state index contributed by atoms with van der Waals surface area (Å²) in [5.74, 6) is 0.826. The zero-order valence-electron chi connectivity index (χ0n) is 18.6. The molecule has 2 aromatic carbocycles. The third-order valence-electron chi connectivity index (χ3n) is 6.25. The minimum absolute atomic E-state index is 0.0974. The zero-order valence-corrected chi connectivity index (χ0v) is 18.6. The maximum atomic E-state index is 13.0. The quantitative estimate of drug-likeness (QED) is 0.469. The van der Waals surface area contributed by atoms with E-state index in [9.17, 15) is 4.79 Å². The summed E-state index contributed by atoms with van der Waals surface area (Å²) < 4.78 is 9.22. The van der Waals surface area contributed by atoms with Crippen LogP contribution in [0.4, 0.5) is 5.69 Å². The van der Waals surface area contributed by atoms with Crippen LogP contribution in [0.5, 0.6) is 5.75 Å². The first-order chi connectivity index (χ1) is 15.7. The topological polar surface area (TPSA) is 51.8 Å². The monoisotopic (exact) mass is 428 g/mol. The van der Waals surface area contributed by atoms with E-state index in [1.54, 1.807) is 17.7 Å². The molecule has 0 bridgehead atoms. The fraction of sp³-hybridized carbons (Fsp3) is 0.308. The van der Waals surface area contributed by atoms with Gasteiger partial charge in [0.2, 0.25) is 0 Å². The fourth-order valence-corrected chi connectivity index (χ4v) is 4.63. The van der Waals surface area contributed by atoms with E-state index in [-0.39, 0.29) is 5.56 Å². The summed E-state index contributed by atoms with van der Waals surface area (Å²) in [6, 6.07) is 19.9. The average molecular weight is 429 g/mol. The SMILES string of the molecule is COc1cccc(Cn2c(C)cc(=O)n3nc(-c4ccccc4)c(N4CCCCC4)c23)c1. The van der Waals surface area contributed by atoms with Crippen molar-refractivity contribution in [1.82, 2.24) is 14.2 Å². The van der Waals surface area contributed by atoms with Crippen LogP contribution in [0.2, 0.25) is 0 Å². The number of aryl methyl sites for hydroxylation is 1. The van der Waals surface area contributed by atoms with Crippen molar-refractivity contribution in [2.75, 3.05) is 25.1 Å². The van der Waals surface area contributed by atoms with Crippen LogP contribution in [0.25, 0.3) is 16.9 Å². The van der Waals surface area contributed by atoms with Gasteiger partial charge in [0.1, 0.15) is 17.1 Å². The van der Waals surface area contributed by atoms with Crippen LogP contribution in [0.1, 0.15) is 30.5 Å². The molecule has 1 aliphatic heterocycles. The maximum Gasteiger partial charge on any atom is 0.274 e. The van der Waals surface area contributed by atoms with E-state index >= 15 is 0 Å². The smallest absolute Gasteiger partial charge is 0.274 e. The van der Waals surface area contributed by atoms with Crippen molar-refractivity contribution in [3.05, 3.63) is 82.3 Å². The molecule has 0 aliphatic carbocycles. The van der Waals surface area contributed by atoms with Gasteiger partial charge >= 0.3 is 0 Å². The Balaban J connectivity index is 1.77. The van der Waals surface area contributed by atoms with Gasteiger partial charge in [-0.25, -0.2) is 0 Å². The van der Waals surface area contributed by atoms with E-state index in [0.29, 0.717) is 6.54 Å². The van der Waals surface area contributed by atoms with E-state index in [1.165, 1.54) is 6.42 Å². The number of piperidine rings is 1. The van der Waals surface area contributed by atoms with Crippen LogP contribution in [-0.4, -0.2) is 34.4 Å². The molecule has 0 amide bonds. The van der Waals surface area contributed by atoms with Gasteiger partial charge in [-0.3, -0.25) is 4.79 Å². The Morgan fingerprint density at radius 3 is 2.50 bits per heavy atom. The average Bonchev–Trinajstić information content (AvgIpc) is 3.24. The molecule has 2 aromatic heterocycles. The molecule has 6 nitrogen and oxygen atoms in total. The van der Waals surface area contributed by atoms with Crippen LogP contribution < -0.4 is 15.2 Å². The molecule has 0 unspecified atom stereocenters. The molecular formula is C26H28N4O2. The third-order valence-corrected chi connectivity index (χ3v) is 6.25. The Labute approximate surface area is 187 Å². The number of nitrogens with zero attached hydrogens (tertiary/aromatic N) is 4. The number of hydrogen-bond donors (Lipinski definition) is 0. The highest BCUT2D eigenvalue weighted by molar-refractivity contribution is 5.86. The summed E-state index contributed by atoms with van der Waals surface area (Å²) >= 11 is 0. The largest absolute Gasteiger partial charge is 0.497 e. The van der Waals surface area contributed by atoms with Crippen molar-refractivity contribution < 1.29 is 4.74 Å². The molecule has 164 valence electrons. The van der Waals surface area contributed by atoms with Crippen LogP contribution in [0.15, 0.2) is 65.5 Å². The molecule has 4 aromatic rings. The molecule has 0 N–H and O–H groups in total. The molecule has 6 heteroatoms. The molecule has 0 saturated carbocycles. The van der Waals surface area contributed by atoms with Gasteiger partial charge < -0.3 is 14.2 Å². The van der Waals surface area contributed by atoms with Crippen molar-refractivity contribution in [2.45, 2.75) is 32.7 Å². The van der Waals surface area contributed by atoms with E-state index < -0.39 is 0 Å². The number of fused-ring (bicyclic) bond motifs is 1. The Morgan fingerprint density at radius 1 is 0.969 bits per heavy atom. The van der Waals surface area contributed by atoms with Crippen molar-refractivity contribution in [2.24, 2.45) is 0 Å². The number of methoxy groups -OCH3 is 1. The molecular weight excluding hydrogens is 400 g/mol. The highest BCUT2D eigenvalue weighted by Crippen LogP contribution is 2.36. The summed E-state index contributed by atoms with van der Waals surface area (Å²) in [7, 11) is 1.68. The predicted octanol–water partition coefficient (Wildman–Crippen LogP) is 4.52. The lowest BCUT2D eigenvalue weighted by Crippen LogP contribution is -2.30. The summed E-state index contributed by atoms with van der Waals surface area (Å²) in [4.78, 5) is 15.4. The normalized spacial score (nSPS) is 14.1. The molecule has 0 spiro atoms. The number of ether oxygens (including phenoxy) is 1. The number of aromatic nitrogens is 3. The first kappa shape index (κ1) is 20.4. The molecule has 0 atom stereocenters. The van der Waals surface area contributed by atoms with Gasteiger partial charge in [-0.2, -0.15) is 9.61 Å². The number of anilines is 1. The molecule has 1 fully saturated rings. The zero-order chi connectivity index (χ0) is 22.1. The lowest BCUT2D eigenvalue weighted by atomic mass is 10.1. The van der Waals surface area contributed by atoms with Crippen LogP contribution >= 0.6 is 0 Å². The highest BCUT2D eigenvalue weighted by Gasteiger charge is 2.25. The molecule has 32 heavy (non-hydrogen) atoms. The van der Waals surface area contributed by atoms with Gasteiger partial charge in [0.15, 0.2) is 5.65 Å². The van der Waals surface area contributed by atoms with Crippen LogP contribution in [0.3, 0.4) is 0 Å². The number of benzene rings is 2. The van der Waals surface area contributed by atoms with Crippen molar-refractivity contribution in [1.29, 1.82) is 0 Å². The van der Waals surface area contributed by atoms with Gasteiger partial charge in [-0.05, 0) is 43.9 Å². The molecule has 3 heterocycles.